The summed E-state index contributed by atoms with van der Waals surface area (Å²) >= 11 is 3.48. The van der Waals surface area contributed by atoms with Crippen molar-refractivity contribution in [1.29, 1.82) is 0 Å². The second-order valence-electron chi connectivity index (χ2n) is 7.82. The first-order valence-electron chi connectivity index (χ1n) is 10.3. The summed E-state index contributed by atoms with van der Waals surface area (Å²) in [6.07, 6.45) is 5.08. The van der Waals surface area contributed by atoms with Gasteiger partial charge in [-0.2, -0.15) is 0 Å². The van der Waals surface area contributed by atoms with E-state index in [0.717, 1.165) is 10.0 Å². The Kier molecular flexibility index (Phi) is 5.30. The minimum absolute atomic E-state index is 0.0377. The molecule has 8 heteroatoms. The number of pyridine rings is 2. The van der Waals surface area contributed by atoms with Crippen LogP contribution in [0.2, 0.25) is 0 Å². The summed E-state index contributed by atoms with van der Waals surface area (Å²) in [5.74, 6) is -1.65. The first kappa shape index (κ1) is 21.1. The van der Waals surface area contributed by atoms with E-state index >= 15 is 0 Å². The van der Waals surface area contributed by atoms with Gasteiger partial charge >= 0.3 is 0 Å². The maximum Gasteiger partial charge on any atom is 0.295 e. The Morgan fingerprint density at radius 2 is 1.97 bits per heavy atom. The number of likely N-dealkylation sites (tertiary alicyclic amines) is 1. The number of halogens is 1. The van der Waals surface area contributed by atoms with Crippen molar-refractivity contribution in [3.63, 3.8) is 0 Å². The van der Waals surface area contributed by atoms with Crippen molar-refractivity contribution in [2.75, 3.05) is 0 Å². The van der Waals surface area contributed by atoms with Crippen LogP contribution in [-0.2, 0) is 16.1 Å². The first-order valence-corrected chi connectivity index (χ1v) is 11.1. The van der Waals surface area contributed by atoms with Gasteiger partial charge in [-0.15, -0.1) is 0 Å². The van der Waals surface area contributed by atoms with E-state index < -0.39 is 17.7 Å². The predicted octanol–water partition coefficient (Wildman–Crippen LogP) is 4.42. The molecule has 0 radical (unpaired) electrons. The third-order valence-corrected chi connectivity index (χ3v) is 6.20. The zero-order valence-corrected chi connectivity index (χ0v) is 19.2. The minimum Gasteiger partial charge on any atom is -0.505 e. The highest BCUT2D eigenvalue weighted by molar-refractivity contribution is 9.10. The van der Waals surface area contributed by atoms with Gasteiger partial charge < -0.3 is 10.0 Å². The maximum atomic E-state index is 13.3. The number of nitrogens with zero attached hydrogens (tertiary/aromatic N) is 4. The summed E-state index contributed by atoms with van der Waals surface area (Å²) in [7, 11) is 0. The SMILES string of the molecule is Cc1nc2ccccn2c1/C(O)=C1\C(=O)C(=O)N(Cc2cccnc2)C1c1cccc(Br)c1. The van der Waals surface area contributed by atoms with Crippen LogP contribution in [0.25, 0.3) is 11.4 Å². The number of carbonyl (C=O) groups excluding carboxylic acids is 2. The first-order chi connectivity index (χ1) is 16.0. The molecule has 1 amide bonds. The van der Waals surface area contributed by atoms with E-state index in [1.54, 1.807) is 36.0 Å². The molecule has 0 saturated carbocycles. The Hall–Kier alpha value is -3.78. The lowest BCUT2D eigenvalue weighted by atomic mass is 9.96. The molecule has 1 unspecified atom stereocenters. The van der Waals surface area contributed by atoms with Crippen molar-refractivity contribution in [2.45, 2.75) is 19.5 Å². The molecular formula is C25H19BrN4O3. The number of amides is 1. The predicted molar refractivity (Wildman–Crippen MR) is 126 cm³/mol. The van der Waals surface area contributed by atoms with Crippen molar-refractivity contribution < 1.29 is 14.7 Å². The molecule has 4 heterocycles. The van der Waals surface area contributed by atoms with Gasteiger partial charge in [0.25, 0.3) is 11.7 Å². The van der Waals surface area contributed by atoms with Crippen LogP contribution in [0, 0.1) is 6.92 Å². The van der Waals surface area contributed by atoms with Gasteiger partial charge in [0.15, 0.2) is 5.76 Å². The van der Waals surface area contributed by atoms with Crippen LogP contribution in [0.5, 0.6) is 0 Å². The van der Waals surface area contributed by atoms with Crippen LogP contribution in [0.4, 0.5) is 0 Å². The second kappa shape index (κ2) is 8.29. The highest BCUT2D eigenvalue weighted by atomic mass is 79.9. The molecule has 1 atom stereocenters. The van der Waals surface area contributed by atoms with Crippen molar-refractivity contribution in [3.8, 4) is 0 Å². The standard InChI is InChI=1S/C25H19BrN4O3/c1-15-21(29-11-3-2-9-19(29)28-15)23(31)20-22(17-7-4-8-18(26)12-17)30(25(33)24(20)32)14-16-6-5-10-27-13-16/h2-13,22,31H,14H2,1H3/b23-20+. The maximum absolute atomic E-state index is 13.3. The number of aliphatic hydroxyl groups excluding tert-OH is 1. The Balaban J connectivity index is 1.73. The zero-order valence-electron chi connectivity index (χ0n) is 17.6. The molecule has 33 heavy (non-hydrogen) atoms. The molecule has 5 rings (SSSR count). The Morgan fingerprint density at radius 1 is 1.12 bits per heavy atom. The molecule has 0 aliphatic carbocycles. The lowest BCUT2D eigenvalue weighted by molar-refractivity contribution is -0.140. The third-order valence-electron chi connectivity index (χ3n) is 5.71. The van der Waals surface area contributed by atoms with Crippen LogP contribution < -0.4 is 0 Å². The number of imidazole rings is 1. The van der Waals surface area contributed by atoms with Crippen LogP contribution in [0.3, 0.4) is 0 Å². The van der Waals surface area contributed by atoms with Crippen LogP contribution in [-0.4, -0.2) is 36.1 Å². The fraction of sp³-hybridized carbons (Fsp3) is 0.120. The van der Waals surface area contributed by atoms with E-state index in [1.165, 1.54) is 4.90 Å². The number of aliphatic hydroxyl groups is 1. The van der Waals surface area contributed by atoms with Crippen LogP contribution in [0.1, 0.15) is 28.6 Å². The summed E-state index contributed by atoms with van der Waals surface area (Å²) in [4.78, 5) is 36.6. The Labute approximate surface area is 198 Å². The molecular weight excluding hydrogens is 484 g/mol. The van der Waals surface area contributed by atoms with Crippen LogP contribution >= 0.6 is 15.9 Å². The molecule has 1 saturated heterocycles. The summed E-state index contributed by atoms with van der Waals surface area (Å²) < 4.78 is 2.52. The lowest BCUT2D eigenvalue weighted by Crippen LogP contribution is -2.29. The smallest absolute Gasteiger partial charge is 0.295 e. The van der Waals surface area contributed by atoms with E-state index in [4.69, 9.17) is 0 Å². The van der Waals surface area contributed by atoms with Crippen molar-refractivity contribution in [2.24, 2.45) is 0 Å². The summed E-state index contributed by atoms with van der Waals surface area (Å²) in [6.45, 7) is 1.94. The monoisotopic (exact) mass is 502 g/mol. The number of hydrogen-bond donors (Lipinski definition) is 1. The Bertz CT molecular complexity index is 1430. The van der Waals surface area contributed by atoms with Gasteiger partial charge in [0, 0.05) is 29.6 Å². The van der Waals surface area contributed by atoms with Gasteiger partial charge in [-0.25, -0.2) is 4.98 Å². The van der Waals surface area contributed by atoms with Crippen molar-refractivity contribution >= 4 is 39.0 Å². The van der Waals surface area contributed by atoms with Crippen molar-refractivity contribution in [3.05, 3.63) is 106 Å². The van der Waals surface area contributed by atoms with Gasteiger partial charge in [0.05, 0.1) is 17.3 Å². The number of hydrogen-bond acceptors (Lipinski definition) is 5. The summed E-state index contributed by atoms with van der Waals surface area (Å²) in [6, 6.07) is 15.7. The highest BCUT2D eigenvalue weighted by Crippen LogP contribution is 2.41. The number of rotatable bonds is 4. The summed E-state index contributed by atoms with van der Waals surface area (Å²) in [5.41, 5.74) is 3.12. The molecule has 164 valence electrons. The topological polar surface area (TPSA) is 87.8 Å². The molecule has 4 aromatic rings. The fourth-order valence-electron chi connectivity index (χ4n) is 4.28. The average Bonchev–Trinajstić information content (AvgIpc) is 3.28. The quantitative estimate of drug-likeness (QED) is 0.253. The number of Topliss-reactive ketones (excluding diaryl/α,β-unsaturated/α-hetero) is 1. The average molecular weight is 503 g/mol. The number of benzene rings is 1. The molecule has 1 aromatic carbocycles. The molecule has 1 fully saturated rings. The fourth-order valence-corrected chi connectivity index (χ4v) is 4.70. The molecule has 1 aliphatic rings. The third kappa shape index (κ3) is 3.62. The van der Waals surface area contributed by atoms with Gasteiger partial charge in [0.2, 0.25) is 0 Å². The van der Waals surface area contributed by atoms with Gasteiger partial charge in [-0.3, -0.25) is 19.0 Å². The van der Waals surface area contributed by atoms with Crippen LogP contribution in [0.15, 0.2) is 83.2 Å². The molecule has 3 aromatic heterocycles. The number of aryl methyl sites for hydroxylation is 1. The van der Waals surface area contributed by atoms with Crippen molar-refractivity contribution in [1.82, 2.24) is 19.3 Å². The summed E-state index contributed by atoms with van der Waals surface area (Å²) in [5, 5.41) is 11.5. The molecule has 0 spiro atoms. The number of ketones is 1. The van der Waals surface area contributed by atoms with E-state index in [2.05, 4.69) is 25.9 Å². The normalized spacial score (nSPS) is 17.8. The molecule has 1 aliphatic heterocycles. The number of carbonyl (C=O) groups is 2. The Morgan fingerprint density at radius 3 is 2.73 bits per heavy atom. The highest BCUT2D eigenvalue weighted by Gasteiger charge is 2.46. The minimum atomic E-state index is -0.767. The van der Waals surface area contributed by atoms with Gasteiger partial charge in [-0.1, -0.05) is 40.2 Å². The molecule has 1 N–H and O–H groups in total. The largest absolute Gasteiger partial charge is 0.505 e. The van der Waals surface area contributed by atoms with E-state index in [0.29, 0.717) is 22.6 Å². The van der Waals surface area contributed by atoms with E-state index in [9.17, 15) is 14.7 Å². The zero-order chi connectivity index (χ0) is 23.1. The molecule has 7 nitrogen and oxygen atoms in total. The lowest BCUT2D eigenvalue weighted by Gasteiger charge is -2.25. The van der Waals surface area contributed by atoms with Gasteiger partial charge in [0.1, 0.15) is 11.3 Å². The second-order valence-corrected chi connectivity index (χ2v) is 8.73. The number of fused-ring (bicyclic) bond motifs is 1. The van der Waals surface area contributed by atoms with E-state index in [-0.39, 0.29) is 17.9 Å². The molecule has 0 bridgehead atoms. The number of aromatic nitrogens is 3. The van der Waals surface area contributed by atoms with E-state index in [1.807, 2.05) is 48.5 Å². The van der Waals surface area contributed by atoms with Gasteiger partial charge in [-0.05, 0) is 48.4 Å².